The lowest BCUT2D eigenvalue weighted by atomic mass is 9.74. The van der Waals surface area contributed by atoms with Crippen LogP contribution in [0.3, 0.4) is 0 Å². The normalized spacial score (nSPS) is 41.0. The minimum Gasteiger partial charge on any atom is -0.359 e. The molecule has 2 saturated heterocycles. The third-order valence-electron chi connectivity index (χ3n) is 10.6. The van der Waals surface area contributed by atoms with Gasteiger partial charge in [0, 0.05) is 17.8 Å². The molecular formula is C32H43N3O4. The van der Waals surface area contributed by atoms with Crippen LogP contribution in [0.4, 0.5) is 5.69 Å². The molecular weight excluding hydrogens is 490 g/mol. The highest BCUT2D eigenvalue weighted by atomic mass is 16.5. The summed E-state index contributed by atoms with van der Waals surface area (Å²) in [5.74, 6) is -0.697. The summed E-state index contributed by atoms with van der Waals surface area (Å²) in [6.07, 6.45) is 10.7. The zero-order chi connectivity index (χ0) is 27.5. The van der Waals surface area contributed by atoms with Gasteiger partial charge in [-0.15, -0.1) is 0 Å². The van der Waals surface area contributed by atoms with E-state index in [0.29, 0.717) is 17.5 Å². The molecule has 210 valence electrons. The number of hydrogen-bond donors (Lipinski definition) is 2. The van der Waals surface area contributed by atoms with E-state index >= 15 is 0 Å². The molecule has 3 amide bonds. The summed E-state index contributed by atoms with van der Waals surface area (Å²) in [5.41, 5.74) is 0.641. The molecule has 10 atom stereocenters. The Morgan fingerprint density at radius 2 is 1.77 bits per heavy atom. The number of ether oxygens (including phenoxy) is 1. The van der Waals surface area contributed by atoms with Crippen molar-refractivity contribution >= 4 is 23.4 Å². The van der Waals surface area contributed by atoms with Crippen molar-refractivity contribution < 1.29 is 19.1 Å². The molecule has 1 aromatic carbocycles. The smallest absolute Gasteiger partial charge is 0.246 e. The Morgan fingerprint density at radius 1 is 1.00 bits per heavy atom. The number of benzene rings is 1. The van der Waals surface area contributed by atoms with Gasteiger partial charge in [-0.1, -0.05) is 70.7 Å². The van der Waals surface area contributed by atoms with Crippen molar-refractivity contribution in [3.05, 3.63) is 42.0 Å². The van der Waals surface area contributed by atoms with E-state index < -0.39 is 29.6 Å². The number of likely N-dealkylation sites (tertiary alicyclic amines) is 1. The van der Waals surface area contributed by atoms with Crippen LogP contribution in [-0.4, -0.2) is 52.5 Å². The van der Waals surface area contributed by atoms with Crippen molar-refractivity contribution in [3.8, 4) is 0 Å². The standard InChI is InChI=1S/C32H43N3O4/c1-18-9-7-12-22(17-18)33-29(36)26-25-15-16-32(39-25)27(26)31(38)35(24-14-8-11-19(2)21(24)4)28(32)30(37)34-23-13-6-5-10-20(23)3/h7,9,12,15-17,19-21,23-28H,5-6,8,10-11,13-14H2,1-4H3,(H,33,36)(H,34,37). The lowest BCUT2D eigenvalue weighted by molar-refractivity contribution is -0.146. The summed E-state index contributed by atoms with van der Waals surface area (Å²) < 4.78 is 6.59. The maximum Gasteiger partial charge on any atom is 0.246 e. The summed E-state index contributed by atoms with van der Waals surface area (Å²) in [5, 5.41) is 6.40. The van der Waals surface area contributed by atoms with Gasteiger partial charge in [-0.05, 0) is 61.6 Å². The van der Waals surface area contributed by atoms with Gasteiger partial charge in [0.05, 0.1) is 17.9 Å². The SMILES string of the molecule is Cc1cccc(NC(=O)C2C3C=CC4(O3)C2C(=O)N(C2CCCC(C)C2C)C4C(=O)NC2CCCCC2C)c1. The average Bonchev–Trinajstić information content (AvgIpc) is 3.54. The average molecular weight is 534 g/mol. The highest BCUT2D eigenvalue weighted by Crippen LogP contribution is 2.57. The number of fused-ring (bicyclic) bond motifs is 1. The van der Waals surface area contributed by atoms with E-state index in [1.165, 1.54) is 6.42 Å². The van der Waals surface area contributed by atoms with Gasteiger partial charge in [-0.3, -0.25) is 14.4 Å². The first-order chi connectivity index (χ1) is 18.7. The van der Waals surface area contributed by atoms with Crippen molar-refractivity contribution in [2.24, 2.45) is 29.6 Å². The molecule has 0 aromatic heterocycles. The van der Waals surface area contributed by atoms with Crippen LogP contribution in [0.5, 0.6) is 0 Å². The van der Waals surface area contributed by atoms with Crippen LogP contribution in [0, 0.1) is 36.5 Å². The number of amides is 3. The maximum absolute atomic E-state index is 14.5. The minimum absolute atomic E-state index is 0.0442. The van der Waals surface area contributed by atoms with E-state index in [0.717, 1.165) is 44.1 Å². The Balaban J connectivity index is 1.35. The van der Waals surface area contributed by atoms with Crippen LogP contribution in [0.15, 0.2) is 36.4 Å². The van der Waals surface area contributed by atoms with Gasteiger partial charge in [-0.25, -0.2) is 0 Å². The summed E-state index contributed by atoms with van der Waals surface area (Å²) in [4.78, 5) is 44.3. The molecule has 39 heavy (non-hydrogen) atoms. The van der Waals surface area contributed by atoms with Gasteiger partial charge in [0.15, 0.2) is 0 Å². The monoisotopic (exact) mass is 533 g/mol. The number of nitrogens with one attached hydrogen (secondary N) is 2. The van der Waals surface area contributed by atoms with E-state index in [2.05, 4.69) is 31.4 Å². The molecule has 7 heteroatoms. The largest absolute Gasteiger partial charge is 0.359 e. The molecule has 7 nitrogen and oxygen atoms in total. The second-order valence-electron chi connectivity index (χ2n) is 13.0. The van der Waals surface area contributed by atoms with Crippen molar-refractivity contribution in [3.63, 3.8) is 0 Å². The molecule has 5 aliphatic rings. The molecule has 6 rings (SSSR count). The second-order valence-corrected chi connectivity index (χ2v) is 13.0. The van der Waals surface area contributed by atoms with Crippen molar-refractivity contribution in [2.45, 2.75) is 102 Å². The number of rotatable bonds is 5. The minimum atomic E-state index is -1.11. The summed E-state index contributed by atoms with van der Waals surface area (Å²) in [7, 11) is 0. The lowest BCUT2D eigenvalue weighted by Crippen LogP contribution is -2.60. The summed E-state index contributed by atoms with van der Waals surface area (Å²) >= 11 is 0. The van der Waals surface area contributed by atoms with Crippen LogP contribution in [0.1, 0.15) is 71.3 Å². The van der Waals surface area contributed by atoms with Gasteiger partial charge < -0.3 is 20.3 Å². The molecule has 2 saturated carbocycles. The Hall–Kier alpha value is -2.67. The van der Waals surface area contributed by atoms with E-state index in [1.54, 1.807) is 0 Å². The first kappa shape index (κ1) is 26.5. The number of anilines is 1. The molecule has 3 heterocycles. The van der Waals surface area contributed by atoms with Crippen molar-refractivity contribution in [1.29, 1.82) is 0 Å². The van der Waals surface area contributed by atoms with Gasteiger partial charge in [0.1, 0.15) is 11.6 Å². The zero-order valence-corrected chi connectivity index (χ0v) is 23.7. The Morgan fingerprint density at radius 3 is 2.54 bits per heavy atom. The highest BCUT2D eigenvalue weighted by Gasteiger charge is 2.73. The lowest BCUT2D eigenvalue weighted by Gasteiger charge is -2.44. The molecule has 1 spiro atoms. The fourth-order valence-electron chi connectivity index (χ4n) is 8.25. The molecule has 1 aromatic rings. The molecule has 3 aliphatic heterocycles. The third kappa shape index (κ3) is 4.32. The highest BCUT2D eigenvalue weighted by molar-refractivity contribution is 6.03. The summed E-state index contributed by atoms with van der Waals surface area (Å²) in [6, 6.07) is 6.97. The first-order valence-electron chi connectivity index (χ1n) is 15.1. The molecule has 2 N–H and O–H groups in total. The second kappa shape index (κ2) is 10.1. The summed E-state index contributed by atoms with van der Waals surface area (Å²) in [6.45, 7) is 8.64. The van der Waals surface area contributed by atoms with Gasteiger partial charge >= 0.3 is 0 Å². The first-order valence-corrected chi connectivity index (χ1v) is 15.1. The Kier molecular flexibility index (Phi) is 6.85. The van der Waals surface area contributed by atoms with Gasteiger partial charge in [-0.2, -0.15) is 0 Å². The quantitative estimate of drug-likeness (QED) is 0.542. The maximum atomic E-state index is 14.5. The fourth-order valence-corrected chi connectivity index (χ4v) is 8.25. The predicted octanol–water partition coefficient (Wildman–Crippen LogP) is 4.60. The number of hydrogen-bond acceptors (Lipinski definition) is 4. The van der Waals surface area contributed by atoms with Gasteiger partial charge in [0.2, 0.25) is 17.7 Å². The number of carbonyl (C=O) groups is 3. The van der Waals surface area contributed by atoms with Gasteiger partial charge in [0.25, 0.3) is 0 Å². The van der Waals surface area contributed by atoms with Crippen LogP contribution in [0.2, 0.25) is 0 Å². The van der Waals surface area contributed by atoms with E-state index in [4.69, 9.17) is 4.74 Å². The molecule has 2 bridgehead atoms. The third-order valence-corrected chi connectivity index (χ3v) is 10.6. The van der Waals surface area contributed by atoms with Crippen LogP contribution in [-0.2, 0) is 19.1 Å². The Labute approximate surface area is 232 Å². The van der Waals surface area contributed by atoms with E-state index in [9.17, 15) is 14.4 Å². The van der Waals surface area contributed by atoms with Crippen LogP contribution < -0.4 is 10.6 Å². The van der Waals surface area contributed by atoms with Crippen molar-refractivity contribution in [1.82, 2.24) is 10.2 Å². The van der Waals surface area contributed by atoms with Crippen LogP contribution in [0.25, 0.3) is 0 Å². The molecule has 10 unspecified atom stereocenters. The van der Waals surface area contributed by atoms with E-state index in [-0.39, 0.29) is 35.7 Å². The molecule has 2 aliphatic carbocycles. The number of carbonyl (C=O) groups excluding carboxylic acids is 3. The zero-order valence-electron chi connectivity index (χ0n) is 23.7. The topological polar surface area (TPSA) is 87.7 Å². The number of aryl methyl sites for hydroxylation is 1. The van der Waals surface area contributed by atoms with Crippen molar-refractivity contribution in [2.75, 3.05) is 5.32 Å². The fraction of sp³-hybridized carbons (Fsp3) is 0.656. The Bertz CT molecular complexity index is 1180. The molecule has 0 radical (unpaired) electrons. The number of nitrogens with zero attached hydrogens (tertiary/aromatic N) is 1. The predicted molar refractivity (Wildman–Crippen MR) is 150 cm³/mol. The van der Waals surface area contributed by atoms with E-state index in [1.807, 2.05) is 48.2 Å². The molecule has 4 fully saturated rings. The van der Waals surface area contributed by atoms with Crippen LogP contribution >= 0.6 is 0 Å².